The third kappa shape index (κ3) is 3.24. The first-order valence-electron chi connectivity index (χ1n) is 6.31. The summed E-state index contributed by atoms with van der Waals surface area (Å²) in [7, 11) is 0. The molecule has 3 aromatic rings. The number of aromatic nitrogens is 4. The highest BCUT2D eigenvalue weighted by Gasteiger charge is 2.07. The Bertz CT molecular complexity index is 661. The quantitative estimate of drug-likeness (QED) is 0.724. The minimum Gasteiger partial charge on any atom is -0.339 e. The first kappa shape index (κ1) is 12.9. The predicted octanol–water partition coefficient (Wildman–Crippen LogP) is 2.75. The molecule has 6 heteroatoms. The molecule has 0 radical (unpaired) electrons. The molecule has 2 aromatic heterocycles. The second kappa shape index (κ2) is 5.88. The van der Waals surface area contributed by atoms with Crippen molar-refractivity contribution in [2.24, 2.45) is 0 Å². The summed E-state index contributed by atoms with van der Waals surface area (Å²) < 4.78 is 7.21. The summed E-state index contributed by atoms with van der Waals surface area (Å²) in [6.07, 6.45) is 6.77. The second-order valence-electron chi connectivity index (χ2n) is 4.46. The number of halogens is 1. The highest BCUT2D eigenvalue weighted by atomic mass is 35.5. The molecule has 0 unspecified atom stereocenters. The summed E-state index contributed by atoms with van der Waals surface area (Å²) in [5.41, 5.74) is 1.11. The molecule has 0 saturated carbocycles. The van der Waals surface area contributed by atoms with Crippen molar-refractivity contribution < 1.29 is 4.52 Å². The van der Waals surface area contributed by atoms with E-state index in [0.29, 0.717) is 24.6 Å². The van der Waals surface area contributed by atoms with Crippen molar-refractivity contribution in [3.05, 3.63) is 65.3 Å². The van der Waals surface area contributed by atoms with Crippen LogP contribution < -0.4 is 0 Å². The Morgan fingerprint density at radius 3 is 2.80 bits per heavy atom. The van der Waals surface area contributed by atoms with Crippen molar-refractivity contribution in [2.75, 3.05) is 0 Å². The predicted molar refractivity (Wildman–Crippen MR) is 74.5 cm³/mol. The smallest absolute Gasteiger partial charge is 0.228 e. The number of hydrogen-bond acceptors (Lipinski definition) is 4. The van der Waals surface area contributed by atoms with Crippen LogP contribution in [0.1, 0.15) is 17.3 Å². The Morgan fingerprint density at radius 1 is 1.20 bits per heavy atom. The number of aryl methyl sites for hydroxylation is 2. The summed E-state index contributed by atoms with van der Waals surface area (Å²) in [5, 5.41) is 4.71. The fourth-order valence-electron chi connectivity index (χ4n) is 1.89. The van der Waals surface area contributed by atoms with E-state index in [-0.39, 0.29) is 0 Å². The third-order valence-corrected chi connectivity index (χ3v) is 3.18. The van der Waals surface area contributed by atoms with Crippen LogP contribution in [-0.2, 0) is 19.4 Å². The molecule has 5 nitrogen and oxygen atoms in total. The SMILES string of the molecule is Clc1ccc(Cc2noc(CCn3ccnc3)n2)cc1. The summed E-state index contributed by atoms with van der Waals surface area (Å²) in [6, 6.07) is 7.64. The molecule has 102 valence electrons. The maximum atomic E-state index is 5.85. The lowest BCUT2D eigenvalue weighted by Crippen LogP contribution is -1.99. The maximum absolute atomic E-state index is 5.85. The molecule has 0 aliphatic carbocycles. The molecular weight excluding hydrogens is 276 g/mol. The molecule has 0 amide bonds. The van der Waals surface area contributed by atoms with Gasteiger partial charge in [0.25, 0.3) is 0 Å². The first-order chi connectivity index (χ1) is 9.79. The minimum absolute atomic E-state index is 0.641. The van der Waals surface area contributed by atoms with Gasteiger partial charge in [0.15, 0.2) is 5.82 Å². The Hall–Kier alpha value is -2.14. The molecule has 2 heterocycles. The number of benzene rings is 1. The van der Waals surface area contributed by atoms with Gasteiger partial charge < -0.3 is 9.09 Å². The van der Waals surface area contributed by atoms with Crippen LogP contribution in [0.4, 0.5) is 0 Å². The summed E-state index contributed by atoms with van der Waals surface area (Å²) in [6.45, 7) is 0.780. The largest absolute Gasteiger partial charge is 0.339 e. The average molecular weight is 289 g/mol. The van der Waals surface area contributed by atoms with E-state index >= 15 is 0 Å². The number of hydrogen-bond donors (Lipinski definition) is 0. The molecule has 0 fully saturated rings. The third-order valence-electron chi connectivity index (χ3n) is 2.93. The van der Waals surface area contributed by atoms with Gasteiger partial charge in [-0.3, -0.25) is 0 Å². The van der Waals surface area contributed by atoms with Gasteiger partial charge in [-0.05, 0) is 17.7 Å². The second-order valence-corrected chi connectivity index (χ2v) is 4.89. The zero-order valence-corrected chi connectivity index (χ0v) is 11.5. The lowest BCUT2D eigenvalue weighted by atomic mass is 10.1. The van der Waals surface area contributed by atoms with Gasteiger partial charge in [0.05, 0.1) is 6.33 Å². The molecule has 0 spiro atoms. The van der Waals surface area contributed by atoms with Gasteiger partial charge in [0, 0.05) is 36.8 Å². The highest BCUT2D eigenvalue weighted by Crippen LogP contribution is 2.12. The molecule has 20 heavy (non-hydrogen) atoms. The van der Waals surface area contributed by atoms with Crippen LogP contribution in [0.15, 0.2) is 47.5 Å². The number of rotatable bonds is 5. The first-order valence-corrected chi connectivity index (χ1v) is 6.69. The van der Waals surface area contributed by atoms with Gasteiger partial charge in [-0.25, -0.2) is 4.98 Å². The highest BCUT2D eigenvalue weighted by molar-refractivity contribution is 6.30. The lowest BCUT2D eigenvalue weighted by molar-refractivity contribution is 0.367. The van der Waals surface area contributed by atoms with Crippen LogP contribution in [0.3, 0.4) is 0 Å². The van der Waals surface area contributed by atoms with E-state index in [2.05, 4.69) is 15.1 Å². The van der Waals surface area contributed by atoms with Crippen LogP contribution in [0.5, 0.6) is 0 Å². The van der Waals surface area contributed by atoms with E-state index < -0.39 is 0 Å². The monoisotopic (exact) mass is 288 g/mol. The van der Waals surface area contributed by atoms with E-state index in [1.807, 2.05) is 35.0 Å². The molecule has 0 atom stereocenters. The molecule has 0 saturated heterocycles. The molecule has 1 aromatic carbocycles. The van der Waals surface area contributed by atoms with Gasteiger partial charge in [-0.15, -0.1) is 0 Å². The number of nitrogens with zero attached hydrogens (tertiary/aromatic N) is 4. The van der Waals surface area contributed by atoms with Crippen LogP contribution in [0.25, 0.3) is 0 Å². The van der Waals surface area contributed by atoms with E-state index in [1.54, 1.807) is 12.5 Å². The molecule has 0 bridgehead atoms. The van der Waals surface area contributed by atoms with E-state index in [0.717, 1.165) is 17.1 Å². The number of imidazole rings is 1. The van der Waals surface area contributed by atoms with Crippen molar-refractivity contribution in [2.45, 2.75) is 19.4 Å². The van der Waals surface area contributed by atoms with Crippen LogP contribution in [0, 0.1) is 0 Å². The van der Waals surface area contributed by atoms with Gasteiger partial charge in [-0.1, -0.05) is 28.9 Å². The van der Waals surface area contributed by atoms with Crippen LogP contribution >= 0.6 is 11.6 Å². The summed E-state index contributed by atoms with van der Waals surface area (Å²) in [5.74, 6) is 1.33. The topological polar surface area (TPSA) is 56.7 Å². The maximum Gasteiger partial charge on any atom is 0.228 e. The molecule has 0 N–H and O–H groups in total. The summed E-state index contributed by atoms with van der Waals surface area (Å²) in [4.78, 5) is 8.37. The van der Waals surface area contributed by atoms with Crippen molar-refractivity contribution in [1.29, 1.82) is 0 Å². The van der Waals surface area contributed by atoms with E-state index in [4.69, 9.17) is 16.1 Å². The zero-order valence-electron chi connectivity index (χ0n) is 10.7. The normalized spacial score (nSPS) is 10.8. The summed E-state index contributed by atoms with van der Waals surface area (Å²) >= 11 is 5.85. The lowest BCUT2D eigenvalue weighted by Gasteiger charge is -1.97. The average Bonchev–Trinajstić information content (AvgIpc) is 3.10. The Morgan fingerprint density at radius 2 is 2.05 bits per heavy atom. The van der Waals surface area contributed by atoms with Gasteiger partial charge in [-0.2, -0.15) is 4.98 Å². The van der Waals surface area contributed by atoms with E-state index in [1.165, 1.54) is 0 Å². The molecule has 3 rings (SSSR count). The standard InChI is InChI=1S/C14H13ClN4O/c15-12-3-1-11(2-4-12)9-13-17-14(20-18-13)5-7-19-8-6-16-10-19/h1-4,6,8,10H,5,7,9H2. The van der Waals surface area contributed by atoms with Crippen molar-refractivity contribution in [3.63, 3.8) is 0 Å². The Kier molecular flexibility index (Phi) is 3.78. The molecule has 0 aliphatic rings. The van der Waals surface area contributed by atoms with Crippen molar-refractivity contribution in [1.82, 2.24) is 19.7 Å². The minimum atomic E-state index is 0.641. The molecule has 0 aliphatic heterocycles. The molecular formula is C14H13ClN4O. The fourth-order valence-corrected chi connectivity index (χ4v) is 2.02. The van der Waals surface area contributed by atoms with Crippen LogP contribution in [-0.4, -0.2) is 19.7 Å². The van der Waals surface area contributed by atoms with Gasteiger partial charge in [0.1, 0.15) is 0 Å². The fraction of sp³-hybridized carbons (Fsp3) is 0.214. The Balaban J connectivity index is 1.60. The van der Waals surface area contributed by atoms with Crippen LogP contribution in [0.2, 0.25) is 5.02 Å². The van der Waals surface area contributed by atoms with Gasteiger partial charge in [0.2, 0.25) is 5.89 Å². The zero-order chi connectivity index (χ0) is 13.8. The van der Waals surface area contributed by atoms with Crippen molar-refractivity contribution >= 4 is 11.6 Å². The van der Waals surface area contributed by atoms with Crippen molar-refractivity contribution in [3.8, 4) is 0 Å². The van der Waals surface area contributed by atoms with Gasteiger partial charge >= 0.3 is 0 Å². The van der Waals surface area contributed by atoms with E-state index in [9.17, 15) is 0 Å². The Labute approximate surface area is 121 Å².